The zero-order chi connectivity index (χ0) is 16.1. The van der Waals surface area contributed by atoms with Gasteiger partial charge in [-0.25, -0.2) is 0 Å². The first-order valence-corrected chi connectivity index (χ1v) is 7.80. The molecule has 0 N–H and O–H groups in total. The van der Waals surface area contributed by atoms with E-state index >= 15 is 0 Å². The van der Waals surface area contributed by atoms with Crippen LogP contribution in [0.5, 0.6) is 0 Å². The van der Waals surface area contributed by atoms with Crippen LogP contribution in [-0.4, -0.2) is 28.1 Å². The van der Waals surface area contributed by atoms with Crippen LogP contribution < -0.4 is 10.9 Å². The van der Waals surface area contributed by atoms with E-state index in [-0.39, 0.29) is 13.8 Å². The van der Waals surface area contributed by atoms with Crippen molar-refractivity contribution in [2.75, 3.05) is 14.2 Å². The van der Waals surface area contributed by atoms with E-state index in [1.54, 1.807) is 14.2 Å². The quantitative estimate of drug-likeness (QED) is 0.762. The second-order valence-corrected chi connectivity index (χ2v) is 5.78. The minimum Gasteiger partial charge on any atom is -0.434 e. The van der Waals surface area contributed by atoms with Crippen LogP contribution in [0.1, 0.15) is 16.7 Å². The summed E-state index contributed by atoms with van der Waals surface area (Å²) in [6, 6.07) is 15.0. The van der Waals surface area contributed by atoms with Crippen LogP contribution in [0.15, 0.2) is 42.5 Å². The third-order valence-corrected chi connectivity index (χ3v) is 4.40. The molecule has 0 spiro atoms. The van der Waals surface area contributed by atoms with Crippen LogP contribution >= 0.6 is 0 Å². The van der Waals surface area contributed by atoms with E-state index in [0.717, 1.165) is 6.42 Å². The second kappa shape index (κ2) is 7.66. The summed E-state index contributed by atoms with van der Waals surface area (Å²) in [5.41, 5.74) is 6.47. The lowest BCUT2D eigenvalue weighted by Crippen LogP contribution is -2.36. The summed E-state index contributed by atoms with van der Waals surface area (Å²) in [6.45, 7) is 6.55. The van der Waals surface area contributed by atoms with Crippen molar-refractivity contribution in [2.24, 2.45) is 0 Å². The molecule has 2 nitrogen and oxygen atoms in total. The van der Waals surface area contributed by atoms with Gasteiger partial charge >= 0.3 is 13.8 Å². The summed E-state index contributed by atoms with van der Waals surface area (Å²) in [5.74, 6) is 0. The van der Waals surface area contributed by atoms with Crippen molar-refractivity contribution in [3.05, 3.63) is 59.2 Å². The molecule has 0 radical (unpaired) electrons. The topological polar surface area (TPSA) is 18.5 Å². The van der Waals surface area contributed by atoms with E-state index in [1.165, 1.54) is 27.6 Å². The minimum absolute atomic E-state index is 0.100. The molecule has 0 aliphatic heterocycles. The molecule has 4 heteroatoms. The normalized spacial score (nSPS) is 10.6. The highest BCUT2D eigenvalue weighted by molar-refractivity contribution is 6.67. The largest absolute Gasteiger partial charge is 0.434 e. The number of hydrogen-bond donors (Lipinski definition) is 0. The summed E-state index contributed by atoms with van der Waals surface area (Å²) < 4.78 is 11.1. The van der Waals surface area contributed by atoms with E-state index in [2.05, 4.69) is 63.0 Å². The molecule has 0 saturated heterocycles. The monoisotopic (exact) mass is 294 g/mol. The average molecular weight is 294 g/mol. The Hall–Kier alpha value is -1.51. The third kappa shape index (κ3) is 3.63. The molecular formula is C18H24B2O2. The molecule has 0 heterocycles. The van der Waals surface area contributed by atoms with Gasteiger partial charge in [-0.05, 0) is 35.4 Å². The maximum absolute atomic E-state index is 5.57. The first kappa shape index (κ1) is 16.9. The summed E-state index contributed by atoms with van der Waals surface area (Å²) in [5, 5.41) is 0. The van der Waals surface area contributed by atoms with Crippen LogP contribution in [0.2, 0.25) is 13.6 Å². The lowest BCUT2D eigenvalue weighted by molar-refractivity contribution is 0.434. The SMILES string of the molecule is COB(C)c1ccccc1Cc1cccc(C)c1B(C)OC. The molecule has 22 heavy (non-hydrogen) atoms. The van der Waals surface area contributed by atoms with E-state index in [1.807, 2.05) is 0 Å². The zero-order valence-electron chi connectivity index (χ0n) is 14.2. The summed E-state index contributed by atoms with van der Waals surface area (Å²) >= 11 is 0. The highest BCUT2D eigenvalue weighted by atomic mass is 16.4. The van der Waals surface area contributed by atoms with E-state index < -0.39 is 0 Å². The lowest BCUT2D eigenvalue weighted by Gasteiger charge is -2.18. The van der Waals surface area contributed by atoms with Gasteiger partial charge in [0, 0.05) is 14.2 Å². The van der Waals surface area contributed by atoms with Crippen LogP contribution in [-0.2, 0) is 15.7 Å². The lowest BCUT2D eigenvalue weighted by atomic mass is 9.58. The maximum Gasteiger partial charge on any atom is 0.323 e. The van der Waals surface area contributed by atoms with Crippen molar-refractivity contribution in [3.63, 3.8) is 0 Å². The predicted molar refractivity (Wildman–Crippen MR) is 96.9 cm³/mol. The molecule has 0 aliphatic rings. The minimum atomic E-state index is 0.100. The third-order valence-electron chi connectivity index (χ3n) is 4.40. The Morgan fingerprint density at radius 3 is 2.14 bits per heavy atom. The standard InChI is InChI=1S/C18H24B2O2/c1-14-9-8-11-16(18(14)20(3)22-5)13-15-10-6-7-12-17(15)19(2)21-4/h6-12H,13H2,1-5H3. The fourth-order valence-electron chi connectivity index (χ4n) is 3.02. The van der Waals surface area contributed by atoms with E-state index in [4.69, 9.17) is 9.31 Å². The summed E-state index contributed by atoms with van der Waals surface area (Å²) in [7, 11) is 3.52. The molecule has 0 amide bonds. The van der Waals surface area contributed by atoms with Crippen molar-refractivity contribution in [2.45, 2.75) is 27.0 Å². The van der Waals surface area contributed by atoms with Gasteiger partial charge in [0.1, 0.15) is 0 Å². The Morgan fingerprint density at radius 2 is 1.45 bits per heavy atom. The zero-order valence-corrected chi connectivity index (χ0v) is 14.2. The van der Waals surface area contributed by atoms with Crippen LogP contribution in [0, 0.1) is 6.92 Å². The number of benzene rings is 2. The van der Waals surface area contributed by atoms with Gasteiger partial charge in [0.05, 0.1) is 0 Å². The van der Waals surface area contributed by atoms with E-state index in [0.29, 0.717) is 0 Å². The number of rotatable bonds is 6. The summed E-state index contributed by atoms with van der Waals surface area (Å²) in [4.78, 5) is 0. The van der Waals surface area contributed by atoms with Crippen molar-refractivity contribution in [1.29, 1.82) is 0 Å². The van der Waals surface area contributed by atoms with Crippen molar-refractivity contribution >= 4 is 24.8 Å². The van der Waals surface area contributed by atoms with Gasteiger partial charge in [-0.3, -0.25) is 0 Å². The molecule has 2 aromatic rings. The van der Waals surface area contributed by atoms with Gasteiger partial charge in [-0.2, -0.15) is 0 Å². The molecule has 0 atom stereocenters. The van der Waals surface area contributed by atoms with Crippen molar-refractivity contribution in [3.8, 4) is 0 Å². The Balaban J connectivity index is 2.42. The Morgan fingerprint density at radius 1 is 0.818 bits per heavy atom. The van der Waals surface area contributed by atoms with Crippen molar-refractivity contribution in [1.82, 2.24) is 0 Å². The Labute approximate surface area is 135 Å². The summed E-state index contributed by atoms with van der Waals surface area (Å²) in [6.07, 6.45) is 0.897. The highest BCUT2D eigenvalue weighted by Gasteiger charge is 2.19. The van der Waals surface area contributed by atoms with Gasteiger partial charge in [0.15, 0.2) is 0 Å². The average Bonchev–Trinajstić information content (AvgIpc) is 2.54. The van der Waals surface area contributed by atoms with Crippen LogP contribution in [0.4, 0.5) is 0 Å². The molecule has 0 fully saturated rings. The van der Waals surface area contributed by atoms with Crippen LogP contribution in [0.25, 0.3) is 0 Å². The van der Waals surface area contributed by atoms with Gasteiger partial charge in [0.2, 0.25) is 0 Å². The molecule has 2 rings (SSSR count). The molecule has 0 aromatic heterocycles. The highest BCUT2D eigenvalue weighted by Crippen LogP contribution is 2.11. The fraction of sp³-hybridized carbons (Fsp3) is 0.333. The van der Waals surface area contributed by atoms with Gasteiger partial charge in [-0.15, -0.1) is 0 Å². The first-order chi connectivity index (χ1) is 10.6. The van der Waals surface area contributed by atoms with Crippen molar-refractivity contribution < 1.29 is 9.31 Å². The predicted octanol–water partition coefficient (Wildman–Crippen LogP) is 2.54. The second-order valence-electron chi connectivity index (χ2n) is 5.78. The van der Waals surface area contributed by atoms with Gasteiger partial charge in [-0.1, -0.05) is 61.7 Å². The first-order valence-electron chi connectivity index (χ1n) is 7.80. The molecular weight excluding hydrogens is 270 g/mol. The molecule has 2 aromatic carbocycles. The molecule has 114 valence electrons. The van der Waals surface area contributed by atoms with E-state index in [9.17, 15) is 0 Å². The smallest absolute Gasteiger partial charge is 0.323 e. The van der Waals surface area contributed by atoms with Crippen LogP contribution in [0.3, 0.4) is 0 Å². The number of hydrogen-bond acceptors (Lipinski definition) is 2. The molecule has 0 aliphatic carbocycles. The Bertz CT molecular complexity index is 628. The number of aryl methyl sites for hydroxylation is 1. The van der Waals surface area contributed by atoms with Gasteiger partial charge in [0.25, 0.3) is 0 Å². The molecule has 0 saturated carbocycles. The van der Waals surface area contributed by atoms with Gasteiger partial charge < -0.3 is 9.31 Å². The molecule has 0 unspecified atom stereocenters. The Kier molecular flexibility index (Phi) is 5.87. The molecule has 0 bridgehead atoms. The fourth-order valence-corrected chi connectivity index (χ4v) is 3.02. The maximum atomic E-state index is 5.57.